The number of aromatic nitrogens is 2. The van der Waals surface area contributed by atoms with E-state index in [-0.39, 0.29) is 5.91 Å². The first-order valence-electron chi connectivity index (χ1n) is 6.60. The van der Waals surface area contributed by atoms with Crippen molar-refractivity contribution in [1.82, 2.24) is 10.2 Å². The normalized spacial score (nSPS) is 10.5. The van der Waals surface area contributed by atoms with Crippen molar-refractivity contribution in [2.24, 2.45) is 0 Å². The summed E-state index contributed by atoms with van der Waals surface area (Å²) in [6.45, 7) is 1.86. The van der Waals surface area contributed by atoms with Gasteiger partial charge in [0.1, 0.15) is 5.01 Å². The van der Waals surface area contributed by atoms with Gasteiger partial charge in [-0.3, -0.25) is 9.69 Å². The number of aryl methyl sites for hydroxylation is 1. The molecule has 0 atom stereocenters. The van der Waals surface area contributed by atoms with Gasteiger partial charge in [-0.05, 0) is 43.3 Å². The van der Waals surface area contributed by atoms with E-state index >= 15 is 0 Å². The van der Waals surface area contributed by atoms with E-state index in [4.69, 9.17) is 11.6 Å². The van der Waals surface area contributed by atoms with Crippen LogP contribution in [0.2, 0.25) is 5.02 Å². The third-order valence-corrected chi connectivity index (χ3v) is 4.09. The standard InChI is InChI=1S/C16H12ClN3OS/c1-11-18-19-16(22-11)20(14-9-7-13(17)8-10-14)15(21)12-5-3-2-4-6-12/h2-10H,1H3. The van der Waals surface area contributed by atoms with E-state index in [2.05, 4.69) is 10.2 Å². The Labute approximate surface area is 137 Å². The number of benzene rings is 2. The first kappa shape index (κ1) is 14.7. The van der Waals surface area contributed by atoms with Gasteiger partial charge in [0, 0.05) is 10.6 Å². The predicted molar refractivity (Wildman–Crippen MR) is 89.0 cm³/mol. The zero-order chi connectivity index (χ0) is 15.5. The van der Waals surface area contributed by atoms with Crippen molar-refractivity contribution in [3.8, 4) is 0 Å². The van der Waals surface area contributed by atoms with Crippen molar-refractivity contribution in [2.45, 2.75) is 6.92 Å². The van der Waals surface area contributed by atoms with Gasteiger partial charge in [0.15, 0.2) is 0 Å². The summed E-state index contributed by atoms with van der Waals surface area (Å²) in [6, 6.07) is 16.2. The molecular formula is C16H12ClN3OS. The van der Waals surface area contributed by atoms with Gasteiger partial charge < -0.3 is 0 Å². The minimum absolute atomic E-state index is 0.154. The van der Waals surface area contributed by atoms with E-state index in [0.717, 1.165) is 5.01 Å². The Hall–Kier alpha value is -2.24. The quantitative estimate of drug-likeness (QED) is 0.711. The molecule has 2 aromatic carbocycles. The van der Waals surface area contributed by atoms with Crippen LogP contribution in [0.4, 0.5) is 10.8 Å². The summed E-state index contributed by atoms with van der Waals surface area (Å²) < 4.78 is 0. The minimum Gasteiger partial charge on any atom is -0.268 e. The molecule has 0 fully saturated rings. The number of anilines is 2. The SMILES string of the molecule is Cc1nnc(N(C(=O)c2ccccc2)c2ccc(Cl)cc2)s1. The highest BCUT2D eigenvalue weighted by atomic mass is 35.5. The number of halogens is 1. The first-order valence-corrected chi connectivity index (χ1v) is 7.80. The molecule has 1 heterocycles. The number of amides is 1. The highest BCUT2D eigenvalue weighted by Crippen LogP contribution is 2.30. The minimum atomic E-state index is -0.154. The molecule has 3 rings (SSSR count). The van der Waals surface area contributed by atoms with Crippen LogP contribution in [0.1, 0.15) is 15.4 Å². The van der Waals surface area contributed by atoms with Crippen LogP contribution in [-0.2, 0) is 0 Å². The monoisotopic (exact) mass is 329 g/mol. The number of rotatable bonds is 3. The summed E-state index contributed by atoms with van der Waals surface area (Å²) in [4.78, 5) is 14.4. The molecule has 0 saturated heterocycles. The van der Waals surface area contributed by atoms with Crippen molar-refractivity contribution in [2.75, 3.05) is 4.90 Å². The fraction of sp³-hybridized carbons (Fsp3) is 0.0625. The molecule has 3 aromatic rings. The van der Waals surface area contributed by atoms with Crippen molar-refractivity contribution >= 4 is 39.7 Å². The van der Waals surface area contributed by atoms with Crippen LogP contribution in [0.3, 0.4) is 0 Å². The Balaban J connectivity index is 2.07. The molecule has 0 aliphatic carbocycles. The van der Waals surface area contributed by atoms with Crippen molar-refractivity contribution in [3.05, 3.63) is 70.2 Å². The summed E-state index contributed by atoms with van der Waals surface area (Å²) in [6.07, 6.45) is 0. The second kappa shape index (κ2) is 6.25. The number of carbonyl (C=O) groups is 1. The summed E-state index contributed by atoms with van der Waals surface area (Å²) in [5.74, 6) is -0.154. The maximum Gasteiger partial charge on any atom is 0.264 e. The first-order chi connectivity index (χ1) is 10.6. The Morgan fingerprint density at radius 1 is 1.05 bits per heavy atom. The van der Waals surface area contributed by atoms with E-state index in [0.29, 0.717) is 21.4 Å². The van der Waals surface area contributed by atoms with Crippen LogP contribution in [0.15, 0.2) is 54.6 Å². The van der Waals surface area contributed by atoms with Crippen LogP contribution in [0.5, 0.6) is 0 Å². The average molecular weight is 330 g/mol. The predicted octanol–water partition coefficient (Wildman–Crippen LogP) is 4.48. The molecule has 110 valence electrons. The van der Waals surface area contributed by atoms with Gasteiger partial charge in [0.25, 0.3) is 5.91 Å². The van der Waals surface area contributed by atoms with Crippen LogP contribution in [-0.4, -0.2) is 16.1 Å². The molecule has 1 aromatic heterocycles. The lowest BCUT2D eigenvalue weighted by atomic mass is 10.2. The lowest BCUT2D eigenvalue weighted by Gasteiger charge is -2.19. The molecule has 0 spiro atoms. The third-order valence-electron chi connectivity index (χ3n) is 3.02. The van der Waals surface area contributed by atoms with Crippen LogP contribution in [0.25, 0.3) is 0 Å². The molecule has 22 heavy (non-hydrogen) atoms. The molecule has 6 heteroatoms. The van der Waals surface area contributed by atoms with Gasteiger partial charge >= 0.3 is 0 Å². The molecular weight excluding hydrogens is 318 g/mol. The Kier molecular flexibility index (Phi) is 4.18. The van der Waals surface area contributed by atoms with E-state index in [1.165, 1.54) is 11.3 Å². The second-order valence-corrected chi connectivity index (χ2v) is 6.18. The topological polar surface area (TPSA) is 46.1 Å². The van der Waals surface area contributed by atoms with Gasteiger partial charge in [-0.1, -0.05) is 41.1 Å². The Morgan fingerprint density at radius 2 is 1.73 bits per heavy atom. The molecule has 0 radical (unpaired) electrons. The third kappa shape index (κ3) is 3.00. The van der Waals surface area contributed by atoms with Gasteiger partial charge in [-0.15, -0.1) is 10.2 Å². The number of carbonyl (C=O) groups excluding carboxylic acids is 1. The number of hydrogen-bond donors (Lipinski definition) is 0. The van der Waals surface area contributed by atoms with Gasteiger partial charge in [0.2, 0.25) is 5.13 Å². The summed E-state index contributed by atoms with van der Waals surface area (Å²) in [5, 5.41) is 10.1. The molecule has 4 nitrogen and oxygen atoms in total. The van der Waals surface area contributed by atoms with E-state index < -0.39 is 0 Å². The zero-order valence-corrected chi connectivity index (χ0v) is 13.3. The molecule has 0 aliphatic heterocycles. The highest BCUT2D eigenvalue weighted by molar-refractivity contribution is 7.15. The molecule has 0 N–H and O–H groups in total. The Morgan fingerprint density at radius 3 is 2.32 bits per heavy atom. The van der Waals surface area contributed by atoms with E-state index in [1.54, 1.807) is 41.3 Å². The summed E-state index contributed by atoms with van der Waals surface area (Å²) in [5.41, 5.74) is 1.29. The van der Waals surface area contributed by atoms with E-state index in [1.807, 2.05) is 25.1 Å². The number of hydrogen-bond acceptors (Lipinski definition) is 4. The van der Waals surface area contributed by atoms with Gasteiger partial charge in [-0.2, -0.15) is 0 Å². The fourth-order valence-corrected chi connectivity index (χ4v) is 2.82. The number of nitrogens with zero attached hydrogens (tertiary/aromatic N) is 3. The smallest absolute Gasteiger partial charge is 0.264 e. The van der Waals surface area contributed by atoms with Crippen LogP contribution >= 0.6 is 22.9 Å². The largest absolute Gasteiger partial charge is 0.268 e. The fourth-order valence-electron chi connectivity index (χ4n) is 1.99. The van der Waals surface area contributed by atoms with E-state index in [9.17, 15) is 4.79 Å². The maximum absolute atomic E-state index is 12.9. The summed E-state index contributed by atoms with van der Waals surface area (Å²) >= 11 is 7.30. The molecule has 0 aliphatic rings. The van der Waals surface area contributed by atoms with Gasteiger partial charge in [-0.25, -0.2) is 0 Å². The lowest BCUT2D eigenvalue weighted by molar-refractivity contribution is 0.0999. The lowest BCUT2D eigenvalue weighted by Crippen LogP contribution is -2.25. The summed E-state index contributed by atoms with van der Waals surface area (Å²) in [7, 11) is 0. The molecule has 0 unspecified atom stereocenters. The van der Waals surface area contributed by atoms with Gasteiger partial charge in [0.05, 0.1) is 5.69 Å². The van der Waals surface area contributed by atoms with Crippen LogP contribution < -0.4 is 4.90 Å². The Bertz CT molecular complexity index is 787. The van der Waals surface area contributed by atoms with Crippen molar-refractivity contribution in [1.29, 1.82) is 0 Å². The zero-order valence-electron chi connectivity index (χ0n) is 11.7. The highest BCUT2D eigenvalue weighted by Gasteiger charge is 2.22. The van der Waals surface area contributed by atoms with Crippen LogP contribution in [0, 0.1) is 6.92 Å². The molecule has 0 saturated carbocycles. The van der Waals surface area contributed by atoms with Crippen molar-refractivity contribution < 1.29 is 4.79 Å². The molecule has 0 bridgehead atoms. The maximum atomic E-state index is 12.9. The molecule has 1 amide bonds. The van der Waals surface area contributed by atoms with Crippen molar-refractivity contribution in [3.63, 3.8) is 0 Å². The second-order valence-electron chi connectivity index (χ2n) is 4.59. The average Bonchev–Trinajstić information content (AvgIpc) is 2.96.